The van der Waals surface area contributed by atoms with Gasteiger partial charge in [-0.2, -0.15) is 23.7 Å². The van der Waals surface area contributed by atoms with E-state index in [-0.39, 0.29) is 11.1 Å². The molecule has 0 radical (unpaired) electrons. The van der Waals surface area contributed by atoms with Gasteiger partial charge >= 0.3 is 6.18 Å². The zero-order valence-electron chi connectivity index (χ0n) is 32.5. The van der Waals surface area contributed by atoms with Gasteiger partial charge in [0.25, 0.3) is 0 Å². The fourth-order valence-corrected chi connectivity index (χ4v) is 8.81. The number of halogens is 3. The smallest absolute Gasteiger partial charge is 0.308 e. The fourth-order valence-electron chi connectivity index (χ4n) is 8.81. The molecule has 0 saturated heterocycles. The lowest BCUT2D eigenvalue weighted by atomic mass is 9.90. The summed E-state index contributed by atoms with van der Waals surface area (Å²) in [6, 6.07) is 54.4. The third kappa shape index (κ3) is 5.99. The van der Waals surface area contributed by atoms with Crippen LogP contribution in [0, 0.1) is 36.2 Å². The molecule has 0 N–H and O–H groups in total. The Labute approximate surface area is 348 Å². The van der Waals surface area contributed by atoms with E-state index in [9.17, 15) is 10.5 Å². The molecule has 0 atom stereocenters. The zero-order valence-corrected chi connectivity index (χ0v) is 32.5. The first-order valence-electron chi connectivity index (χ1n) is 19.5. The quantitative estimate of drug-likeness (QED) is 0.163. The molecule has 0 bridgehead atoms. The molecule has 0 fully saturated rings. The van der Waals surface area contributed by atoms with E-state index >= 15 is 13.2 Å². The number of aromatic nitrogens is 2. The van der Waals surface area contributed by atoms with E-state index in [0.29, 0.717) is 33.8 Å². The summed E-state index contributed by atoms with van der Waals surface area (Å²) in [5.74, 6) is 0. The monoisotopic (exact) mass is 793 g/mol. The van der Waals surface area contributed by atoms with E-state index in [4.69, 9.17) is 6.57 Å². The molecule has 0 aliphatic carbocycles. The lowest BCUT2D eigenvalue weighted by molar-refractivity contribution is -0.137. The van der Waals surface area contributed by atoms with Gasteiger partial charge in [0.1, 0.15) is 0 Å². The maximum atomic E-state index is 15.5. The van der Waals surface area contributed by atoms with Crippen LogP contribution in [0.2, 0.25) is 0 Å². The van der Waals surface area contributed by atoms with Gasteiger partial charge in [-0.3, -0.25) is 0 Å². The number of alkyl halides is 3. The average Bonchev–Trinajstić information content (AvgIpc) is 3.80. The van der Waals surface area contributed by atoms with Crippen molar-refractivity contribution < 1.29 is 13.2 Å². The van der Waals surface area contributed by atoms with Crippen LogP contribution in [-0.2, 0) is 6.18 Å². The van der Waals surface area contributed by atoms with E-state index in [1.54, 1.807) is 49.4 Å². The zero-order chi connectivity index (χ0) is 42.0. The van der Waals surface area contributed by atoms with Crippen LogP contribution in [0.3, 0.4) is 0 Å². The number of rotatable bonds is 5. The Balaban J connectivity index is 1.38. The van der Waals surface area contributed by atoms with Crippen LogP contribution in [0.1, 0.15) is 22.3 Å². The second-order valence-corrected chi connectivity index (χ2v) is 15.0. The molecular weight excluding hydrogens is 764 g/mol. The first kappa shape index (κ1) is 36.9. The predicted molar refractivity (Wildman–Crippen MR) is 237 cm³/mol. The molecule has 61 heavy (non-hydrogen) atoms. The number of para-hydroxylation sites is 2. The van der Waals surface area contributed by atoms with Gasteiger partial charge in [0.15, 0.2) is 5.69 Å². The first-order valence-corrected chi connectivity index (χ1v) is 19.5. The molecule has 0 spiro atoms. The molecule has 2 heterocycles. The Morgan fingerprint density at radius 3 is 1.46 bits per heavy atom. The summed E-state index contributed by atoms with van der Waals surface area (Å²) in [6.45, 7) is 9.14. The third-order valence-electron chi connectivity index (χ3n) is 11.6. The molecular formula is C53H30F3N5. The van der Waals surface area contributed by atoms with Gasteiger partial charge in [0.2, 0.25) is 0 Å². The lowest BCUT2D eigenvalue weighted by Gasteiger charge is -2.24. The van der Waals surface area contributed by atoms with Crippen LogP contribution < -0.4 is 0 Å². The maximum absolute atomic E-state index is 15.5. The van der Waals surface area contributed by atoms with Crippen LogP contribution in [0.5, 0.6) is 0 Å². The fraction of sp³-hybridized carbons (Fsp3) is 0.0377. The van der Waals surface area contributed by atoms with E-state index < -0.39 is 11.7 Å². The predicted octanol–water partition coefficient (Wildman–Crippen LogP) is 14.5. The molecule has 0 aliphatic rings. The minimum atomic E-state index is -4.72. The van der Waals surface area contributed by atoms with Gasteiger partial charge in [-0.05, 0) is 89.3 Å². The molecule has 10 aromatic rings. The first-order chi connectivity index (χ1) is 29.7. The minimum absolute atomic E-state index is 0.00971. The largest absolute Gasteiger partial charge is 0.417 e. The summed E-state index contributed by atoms with van der Waals surface area (Å²) in [6.07, 6.45) is -4.72. The third-order valence-corrected chi connectivity index (χ3v) is 11.6. The molecule has 0 amide bonds. The van der Waals surface area contributed by atoms with Crippen LogP contribution >= 0.6 is 0 Å². The summed E-state index contributed by atoms with van der Waals surface area (Å²) >= 11 is 0. The molecule has 0 unspecified atom stereocenters. The molecule has 2 aromatic heterocycles. The Bertz CT molecular complexity index is 3350. The van der Waals surface area contributed by atoms with Crippen molar-refractivity contribution in [3.8, 4) is 56.9 Å². The number of aryl methyl sites for hydroxylation is 1. The topological polar surface area (TPSA) is 61.8 Å². The molecule has 0 aliphatic heterocycles. The number of fused-ring (bicyclic) bond motifs is 6. The molecule has 8 aromatic carbocycles. The van der Waals surface area contributed by atoms with Gasteiger partial charge in [-0.1, -0.05) is 109 Å². The maximum Gasteiger partial charge on any atom is 0.417 e. The van der Waals surface area contributed by atoms with Crippen molar-refractivity contribution in [2.24, 2.45) is 0 Å². The Kier molecular flexibility index (Phi) is 8.58. The van der Waals surface area contributed by atoms with E-state index in [1.807, 2.05) is 118 Å². The van der Waals surface area contributed by atoms with E-state index in [0.717, 1.165) is 71.9 Å². The van der Waals surface area contributed by atoms with Crippen molar-refractivity contribution >= 4 is 49.3 Å². The number of nitrogens with zero attached hydrogens (tertiary/aromatic N) is 5. The highest BCUT2D eigenvalue weighted by Crippen LogP contribution is 2.48. The normalized spacial score (nSPS) is 11.6. The van der Waals surface area contributed by atoms with Gasteiger partial charge in [0.05, 0.1) is 68.8 Å². The number of benzene rings is 8. The van der Waals surface area contributed by atoms with Gasteiger partial charge in [0, 0.05) is 32.7 Å². The number of nitriles is 2. The number of hydrogen-bond donors (Lipinski definition) is 0. The minimum Gasteiger partial charge on any atom is -0.308 e. The number of hydrogen-bond acceptors (Lipinski definition) is 2. The molecule has 5 nitrogen and oxygen atoms in total. The summed E-state index contributed by atoms with van der Waals surface area (Å²) in [4.78, 5) is 3.54. The highest BCUT2D eigenvalue weighted by atomic mass is 19.4. The highest BCUT2D eigenvalue weighted by molar-refractivity contribution is 6.13. The van der Waals surface area contributed by atoms with Crippen molar-refractivity contribution in [3.63, 3.8) is 0 Å². The lowest BCUT2D eigenvalue weighted by Crippen LogP contribution is -2.12. The van der Waals surface area contributed by atoms with Crippen molar-refractivity contribution in [1.29, 1.82) is 10.5 Å². The Morgan fingerprint density at radius 1 is 0.492 bits per heavy atom. The highest BCUT2D eigenvalue weighted by Gasteiger charge is 2.36. The average molecular weight is 794 g/mol. The Hall–Kier alpha value is -8.38. The molecule has 10 rings (SSSR count). The standard InChI is InChI=1S/C53H30F3N5/c1-32-8-7-11-44(53(54,55)56)51(32)52-49(60-45-12-5-3-9-40(45)42-24-20-37(28-47(42)60)35-16-14-33(30-57)15-17-35)26-34(31-58)27-50(52)61-46-13-6-4-10-41(46)43-25-21-38(29-48(43)61)36-18-22-39(59-2)23-19-36/h3-29H,1H3. The molecule has 8 heteroatoms. The van der Waals surface area contributed by atoms with Crippen molar-refractivity contribution in [1.82, 2.24) is 9.13 Å². The van der Waals surface area contributed by atoms with E-state index in [2.05, 4.69) is 17.0 Å². The van der Waals surface area contributed by atoms with Crippen LogP contribution in [-0.4, -0.2) is 9.13 Å². The summed E-state index contributed by atoms with van der Waals surface area (Å²) in [5.41, 5.74) is 8.51. The second-order valence-electron chi connectivity index (χ2n) is 15.0. The van der Waals surface area contributed by atoms with Gasteiger partial charge < -0.3 is 9.13 Å². The van der Waals surface area contributed by atoms with E-state index in [1.165, 1.54) is 6.07 Å². The SMILES string of the molecule is [C-]#[N+]c1ccc(-c2ccc3c4ccccc4n(-c4cc(C#N)cc(-n5c6ccccc6c6ccc(-c7ccc(C#N)cc7)cc65)c4-c4c(C)cccc4C(F)(F)F)c3c2)cc1. The summed E-state index contributed by atoms with van der Waals surface area (Å²) in [5, 5.41) is 23.8. The van der Waals surface area contributed by atoms with Gasteiger partial charge in [-0.25, -0.2) is 4.85 Å². The van der Waals surface area contributed by atoms with Crippen molar-refractivity contribution in [2.45, 2.75) is 13.1 Å². The van der Waals surface area contributed by atoms with Gasteiger partial charge in [-0.15, -0.1) is 0 Å². The van der Waals surface area contributed by atoms with Crippen LogP contribution in [0.15, 0.2) is 164 Å². The van der Waals surface area contributed by atoms with Crippen molar-refractivity contribution in [2.75, 3.05) is 0 Å². The molecule has 288 valence electrons. The van der Waals surface area contributed by atoms with Crippen LogP contribution in [0.4, 0.5) is 18.9 Å². The molecule has 0 saturated carbocycles. The van der Waals surface area contributed by atoms with Crippen LogP contribution in [0.25, 0.3) is 93.2 Å². The van der Waals surface area contributed by atoms with Crippen molar-refractivity contribution in [3.05, 3.63) is 197 Å². The second kappa shape index (κ2) is 14.2. The summed E-state index contributed by atoms with van der Waals surface area (Å²) in [7, 11) is 0. The Morgan fingerprint density at radius 2 is 0.967 bits per heavy atom. The summed E-state index contributed by atoms with van der Waals surface area (Å²) < 4.78 is 50.5.